The van der Waals surface area contributed by atoms with Gasteiger partial charge in [0.05, 0.1) is 11.6 Å². The highest BCUT2D eigenvalue weighted by molar-refractivity contribution is 7.89. The van der Waals surface area contributed by atoms with Crippen molar-refractivity contribution in [3.63, 3.8) is 0 Å². The van der Waals surface area contributed by atoms with Crippen LogP contribution in [0.2, 0.25) is 10.0 Å². The zero-order chi connectivity index (χ0) is 15.6. The molecule has 0 amide bonds. The summed E-state index contributed by atoms with van der Waals surface area (Å²) in [6, 6.07) is 2.68. The lowest BCUT2D eigenvalue weighted by molar-refractivity contribution is 0.281. The molecule has 0 saturated heterocycles. The van der Waals surface area contributed by atoms with Gasteiger partial charge in [0.2, 0.25) is 10.0 Å². The third-order valence-corrected chi connectivity index (χ3v) is 5.99. The number of sulfonamides is 1. The predicted molar refractivity (Wildman–Crippen MR) is 84.1 cm³/mol. The number of hydrogen-bond donors (Lipinski definition) is 2. The van der Waals surface area contributed by atoms with E-state index >= 15 is 0 Å². The molecule has 1 aliphatic carbocycles. The van der Waals surface area contributed by atoms with Gasteiger partial charge in [-0.15, -0.1) is 0 Å². The molecule has 0 bridgehead atoms. The molecule has 1 unspecified atom stereocenters. The minimum absolute atomic E-state index is 0.0238. The van der Waals surface area contributed by atoms with E-state index in [9.17, 15) is 13.5 Å². The van der Waals surface area contributed by atoms with Crippen LogP contribution in [0.15, 0.2) is 17.0 Å². The van der Waals surface area contributed by atoms with E-state index in [2.05, 4.69) is 4.72 Å². The summed E-state index contributed by atoms with van der Waals surface area (Å²) < 4.78 is 27.7. The largest absolute Gasteiger partial charge is 0.392 e. The lowest BCUT2D eigenvalue weighted by atomic mass is 10.1. The number of rotatable bonds is 7. The predicted octanol–water partition coefficient (Wildman–Crippen LogP) is 3.34. The first-order valence-electron chi connectivity index (χ1n) is 6.98. The Morgan fingerprint density at radius 1 is 1.38 bits per heavy atom. The Morgan fingerprint density at radius 2 is 2.05 bits per heavy atom. The van der Waals surface area contributed by atoms with Crippen molar-refractivity contribution in [2.75, 3.05) is 0 Å². The summed E-state index contributed by atoms with van der Waals surface area (Å²) in [5.41, 5.74) is 0.305. The molecule has 1 aliphatic rings. The average Bonchev–Trinajstić information content (AvgIpc) is 3.23. The Bertz CT molecular complexity index is 615. The summed E-state index contributed by atoms with van der Waals surface area (Å²) in [4.78, 5) is -0.0741. The molecule has 1 aromatic carbocycles. The number of aliphatic hydroxyl groups excluding tert-OH is 1. The number of benzene rings is 1. The molecule has 21 heavy (non-hydrogen) atoms. The number of hydrogen-bond acceptors (Lipinski definition) is 3. The second-order valence-corrected chi connectivity index (χ2v) is 7.94. The van der Waals surface area contributed by atoms with E-state index in [1.165, 1.54) is 25.0 Å². The van der Waals surface area contributed by atoms with Crippen LogP contribution in [0.25, 0.3) is 0 Å². The summed E-state index contributed by atoms with van der Waals surface area (Å²) >= 11 is 12.0. The van der Waals surface area contributed by atoms with Crippen LogP contribution < -0.4 is 4.72 Å². The fourth-order valence-electron chi connectivity index (χ4n) is 2.27. The molecule has 1 saturated carbocycles. The summed E-state index contributed by atoms with van der Waals surface area (Å²) in [6.07, 6.45) is 3.91. The van der Waals surface area contributed by atoms with Gasteiger partial charge in [0.1, 0.15) is 4.90 Å². The van der Waals surface area contributed by atoms with Crippen molar-refractivity contribution >= 4 is 33.2 Å². The smallest absolute Gasteiger partial charge is 0.242 e. The first-order valence-corrected chi connectivity index (χ1v) is 9.22. The summed E-state index contributed by atoms with van der Waals surface area (Å²) in [7, 11) is -3.75. The molecular weight excluding hydrogens is 333 g/mol. The van der Waals surface area contributed by atoms with Crippen molar-refractivity contribution in [2.45, 2.75) is 50.2 Å². The number of aliphatic hydroxyl groups is 1. The van der Waals surface area contributed by atoms with E-state index in [-0.39, 0.29) is 27.6 Å². The molecule has 2 N–H and O–H groups in total. The van der Waals surface area contributed by atoms with Crippen molar-refractivity contribution in [2.24, 2.45) is 5.92 Å². The van der Waals surface area contributed by atoms with Gasteiger partial charge in [-0.2, -0.15) is 0 Å². The normalized spacial score (nSPS) is 17.0. The zero-order valence-electron chi connectivity index (χ0n) is 11.8. The Balaban J connectivity index is 2.27. The lowest BCUT2D eigenvalue weighted by Gasteiger charge is -2.18. The highest BCUT2D eigenvalue weighted by Gasteiger charge is 2.29. The van der Waals surface area contributed by atoms with Gasteiger partial charge < -0.3 is 5.11 Å². The average molecular weight is 352 g/mol. The second-order valence-electron chi connectivity index (χ2n) is 5.44. The van der Waals surface area contributed by atoms with Gasteiger partial charge in [0, 0.05) is 11.1 Å². The van der Waals surface area contributed by atoms with Crippen LogP contribution in [0.1, 0.15) is 38.2 Å². The molecule has 0 aromatic heterocycles. The summed E-state index contributed by atoms with van der Waals surface area (Å²) in [6.45, 7) is 1.59. The van der Waals surface area contributed by atoms with Crippen LogP contribution in [0, 0.1) is 5.92 Å². The molecule has 0 spiro atoms. The van der Waals surface area contributed by atoms with Gasteiger partial charge in [0.15, 0.2) is 0 Å². The molecule has 4 nitrogen and oxygen atoms in total. The molecule has 2 rings (SSSR count). The minimum atomic E-state index is -3.75. The molecule has 118 valence electrons. The number of nitrogens with one attached hydrogen (secondary N) is 1. The van der Waals surface area contributed by atoms with Crippen LogP contribution in [0.4, 0.5) is 0 Å². The van der Waals surface area contributed by atoms with E-state index < -0.39 is 10.0 Å². The Morgan fingerprint density at radius 3 is 2.57 bits per heavy atom. The van der Waals surface area contributed by atoms with Gasteiger partial charge in [-0.25, -0.2) is 13.1 Å². The maximum atomic E-state index is 12.5. The Hall–Kier alpha value is -0.330. The first kappa shape index (κ1) is 17.0. The van der Waals surface area contributed by atoms with Gasteiger partial charge in [-0.1, -0.05) is 43.0 Å². The second kappa shape index (κ2) is 6.84. The third-order valence-electron chi connectivity index (χ3n) is 3.67. The number of halogens is 2. The highest BCUT2D eigenvalue weighted by atomic mass is 35.5. The SMILES string of the molecule is CCC(CC1CC1)NS(=O)(=O)c1cc(Cl)cc(CO)c1Cl. The molecule has 1 aromatic rings. The highest BCUT2D eigenvalue weighted by Crippen LogP contribution is 2.35. The van der Waals surface area contributed by atoms with Crippen LogP contribution >= 0.6 is 23.2 Å². The molecule has 1 atom stereocenters. The fraction of sp³-hybridized carbons (Fsp3) is 0.571. The summed E-state index contributed by atoms with van der Waals surface area (Å²) in [5.74, 6) is 0.625. The quantitative estimate of drug-likeness (QED) is 0.791. The van der Waals surface area contributed by atoms with Crippen LogP contribution in [-0.2, 0) is 16.6 Å². The van der Waals surface area contributed by atoms with Crippen LogP contribution in [0.3, 0.4) is 0 Å². The van der Waals surface area contributed by atoms with E-state index in [0.29, 0.717) is 11.5 Å². The minimum Gasteiger partial charge on any atom is -0.392 e. The molecule has 0 radical (unpaired) electrons. The first-order chi connectivity index (χ1) is 9.87. The maximum absolute atomic E-state index is 12.5. The molecule has 0 aliphatic heterocycles. The van der Waals surface area contributed by atoms with Crippen LogP contribution in [0.5, 0.6) is 0 Å². The molecule has 1 fully saturated rings. The molecular formula is C14H19Cl2NO3S. The molecule has 7 heteroatoms. The van der Waals surface area contributed by atoms with E-state index in [4.69, 9.17) is 23.2 Å². The van der Waals surface area contributed by atoms with Crippen molar-refractivity contribution in [1.82, 2.24) is 4.72 Å². The summed E-state index contributed by atoms with van der Waals surface area (Å²) in [5, 5.41) is 9.49. The zero-order valence-corrected chi connectivity index (χ0v) is 14.1. The van der Waals surface area contributed by atoms with E-state index in [0.717, 1.165) is 12.8 Å². The van der Waals surface area contributed by atoms with Gasteiger partial charge in [-0.3, -0.25) is 0 Å². The Labute approximate surface area is 135 Å². The van der Waals surface area contributed by atoms with Crippen molar-refractivity contribution in [3.05, 3.63) is 27.7 Å². The maximum Gasteiger partial charge on any atom is 0.242 e. The fourth-order valence-corrected chi connectivity index (χ4v) is 4.52. The molecule has 0 heterocycles. The Kier molecular flexibility index (Phi) is 5.54. The van der Waals surface area contributed by atoms with Gasteiger partial charge in [-0.05, 0) is 36.5 Å². The van der Waals surface area contributed by atoms with Gasteiger partial charge in [0.25, 0.3) is 0 Å². The van der Waals surface area contributed by atoms with Crippen molar-refractivity contribution in [1.29, 1.82) is 0 Å². The van der Waals surface area contributed by atoms with Crippen molar-refractivity contribution < 1.29 is 13.5 Å². The topological polar surface area (TPSA) is 66.4 Å². The van der Waals surface area contributed by atoms with Crippen LogP contribution in [-0.4, -0.2) is 19.6 Å². The third kappa shape index (κ3) is 4.33. The van der Waals surface area contributed by atoms with E-state index in [1.54, 1.807) is 0 Å². The van der Waals surface area contributed by atoms with E-state index in [1.807, 2.05) is 6.92 Å². The standard InChI is InChI=1S/C14H19Cl2NO3S/c1-2-12(5-9-3-4-9)17-21(19,20)13-7-11(15)6-10(8-18)14(13)16/h6-7,9,12,17-18H,2-5,8H2,1H3. The lowest BCUT2D eigenvalue weighted by Crippen LogP contribution is -2.35. The monoisotopic (exact) mass is 351 g/mol. The van der Waals surface area contributed by atoms with Gasteiger partial charge >= 0.3 is 0 Å². The van der Waals surface area contributed by atoms with Crippen molar-refractivity contribution in [3.8, 4) is 0 Å².